The minimum atomic E-state index is -0.145. The molecule has 0 aliphatic rings. The predicted molar refractivity (Wildman–Crippen MR) is 80.1 cm³/mol. The number of amides is 1. The molecule has 4 heteroatoms. The van der Waals surface area contributed by atoms with E-state index in [1.54, 1.807) is 30.1 Å². The summed E-state index contributed by atoms with van der Waals surface area (Å²) in [4.78, 5) is 14.0. The van der Waals surface area contributed by atoms with Crippen molar-refractivity contribution in [3.8, 4) is 5.75 Å². The Morgan fingerprint density at radius 1 is 1.20 bits per heavy atom. The molecule has 0 fully saturated rings. The normalized spacial score (nSPS) is 11.9. The number of nitrogens with zero attached hydrogens (tertiary/aromatic N) is 1. The van der Waals surface area contributed by atoms with Gasteiger partial charge in [-0.2, -0.15) is 0 Å². The summed E-state index contributed by atoms with van der Waals surface area (Å²) < 4.78 is 0. The van der Waals surface area contributed by atoms with Crippen molar-refractivity contribution in [2.24, 2.45) is 0 Å². The molecular formula is C16H16ClNO2. The van der Waals surface area contributed by atoms with E-state index in [4.69, 9.17) is 11.6 Å². The SMILES string of the molecule is CC(c1cccc(Cl)c1)N(C)C(=O)c1cccc(O)c1. The molecule has 2 rings (SSSR count). The Kier molecular flexibility index (Phi) is 4.30. The molecule has 0 spiro atoms. The average molecular weight is 290 g/mol. The Bertz CT molecular complexity index is 627. The summed E-state index contributed by atoms with van der Waals surface area (Å²) in [5.74, 6) is -0.0620. The fourth-order valence-electron chi connectivity index (χ4n) is 2.01. The van der Waals surface area contributed by atoms with Gasteiger partial charge in [-0.05, 0) is 42.8 Å². The smallest absolute Gasteiger partial charge is 0.254 e. The van der Waals surface area contributed by atoms with Gasteiger partial charge in [0.1, 0.15) is 5.75 Å². The number of phenolic OH excluding ortho intramolecular Hbond substituents is 1. The Balaban J connectivity index is 2.22. The summed E-state index contributed by atoms with van der Waals surface area (Å²) in [5.41, 5.74) is 1.43. The highest BCUT2D eigenvalue weighted by Crippen LogP contribution is 2.24. The third-order valence-electron chi connectivity index (χ3n) is 3.33. The first-order valence-corrected chi connectivity index (χ1v) is 6.68. The van der Waals surface area contributed by atoms with Crippen molar-refractivity contribution in [2.45, 2.75) is 13.0 Å². The van der Waals surface area contributed by atoms with Gasteiger partial charge in [0.05, 0.1) is 6.04 Å². The number of hydrogen-bond acceptors (Lipinski definition) is 2. The molecule has 0 heterocycles. The van der Waals surface area contributed by atoms with Crippen molar-refractivity contribution in [1.82, 2.24) is 4.90 Å². The molecule has 1 unspecified atom stereocenters. The maximum absolute atomic E-state index is 12.4. The number of halogens is 1. The lowest BCUT2D eigenvalue weighted by atomic mass is 10.1. The third kappa shape index (κ3) is 3.11. The van der Waals surface area contributed by atoms with Crippen LogP contribution in [-0.2, 0) is 0 Å². The molecule has 2 aromatic rings. The van der Waals surface area contributed by atoms with Gasteiger partial charge in [-0.3, -0.25) is 4.79 Å². The zero-order chi connectivity index (χ0) is 14.7. The Labute approximate surface area is 123 Å². The van der Waals surface area contributed by atoms with Crippen molar-refractivity contribution in [2.75, 3.05) is 7.05 Å². The molecule has 0 aromatic heterocycles. The van der Waals surface area contributed by atoms with Crippen LogP contribution in [0.1, 0.15) is 28.9 Å². The lowest BCUT2D eigenvalue weighted by Crippen LogP contribution is -2.29. The summed E-state index contributed by atoms with van der Waals surface area (Å²) in [7, 11) is 1.73. The first-order valence-electron chi connectivity index (χ1n) is 6.30. The van der Waals surface area contributed by atoms with Crippen LogP contribution in [0.4, 0.5) is 0 Å². The van der Waals surface area contributed by atoms with Gasteiger partial charge in [-0.15, -0.1) is 0 Å². The molecule has 0 saturated heterocycles. The first-order chi connectivity index (χ1) is 9.49. The van der Waals surface area contributed by atoms with Crippen LogP contribution in [0.5, 0.6) is 5.75 Å². The minimum Gasteiger partial charge on any atom is -0.508 e. The van der Waals surface area contributed by atoms with Gasteiger partial charge in [0.15, 0.2) is 0 Å². The second-order valence-electron chi connectivity index (χ2n) is 4.70. The summed E-state index contributed by atoms with van der Waals surface area (Å²) in [6.45, 7) is 1.94. The average Bonchev–Trinajstić information content (AvgIpc) is 2.45. The van der Waals surface area contributed by atoms with E-state index in [1.165, 1.54) is 12.1 Å². The first kappa shape index (κ1) is 14.4. The maximum atomic E-state index is 12.4. The zero-order valence-corrected chi connectivity index (χ0v) is 12.1. The van der Waals surface area contributed by atoms with E-state index in [2.05, 4.69) is 0 Å². The quantitative estimate of drug-likeness (QED) is 0.931. The number of carbonyl (C=O) groups excluding carboxylic acids is 1. The second-order valence-corrected chi connectivity index (χ2v) is 5.13. The van der Waals surface area contributed by atoms with Crippen LogP contribution in [0.2, 0.25) is 5.02 Å². The third-order valence-corrected chi connectivity index (χ3v) is 3.56. The van der Waals surface area contributed by atoms with E-state index in [0.717, 1.165) is 5.56 Å². The summed E-state index contributed by atoms with van der Waals surface area (Å²) in [5, 5.41) is 10.1. The van der Waals surface area contributed by atoms with Gasteiger partial charge >= 0.3 is 0 Å². The fourth-order valence-corrected chi connectivity index (χ4v) is 2.21. The van der Waals surface area contributed by atoms with Crippen LogP contribution in [0, 0.1) is 0 Å². The number of carbonyl (C=O) groups is 1. The van der Waals surface area contributed by atoms with Crippen LogP contribution in [0.15, 0.2) is 48.5 Å². The van der Waals surface area contributed by atoms with E-state index < -0.39 is 0 Å². The highest BCUT2D eigenvalue weighted by molar-refractivity contribution is 6.30. The molecule has 2 aromatic carbocycles. The number of aromatic hydroxyl groups is 1. The molecular weight excluding hydrogens is 274 g/mol. The van der Waals surface area contributed by atoms with E-state index in [-0.39, 0.29) is 17.7 Å². The number of rotatable bonds is 3. The molecule has 1 atom stereocenters. The van der Waals surface area contributed by atoms with Crippen molar-refractivity contribution < 1.29 is 9.90 Å². The zero-order valence-electron chi connectivity index (χ0n) is 11.4. The Morgan fingerprint density at radius 3 is 2.55 bits per heavy atom. The molecule has 3 nitrogen and oxygen atoms in total. The van der Waals surface area contributed by atoms with Crippen molar-refractivity contribution >= 4 is 17.5 Å². The molecule has 1 amide bonds. The van der Waals surface area contributed by atoms with Crippen LogP contribution < -0.4 is 0 Å². The highest BCUT2D eigenvalue weighted by atomic mass is 35.5. The number of hydrogen-bond donors (Lipinski definition) is 1. The van der Waals surface area contributed by atoms with Crippen molar-refractivity contribution in [1.29, 1.82) is 0 Å². The van der Waals surface area contributed by atoms with Gasteiger partial charge < -0.3 is 10.0 Å². The molecule has 20 heavy (non-hydrogen) atoms. The van der Waals surface area contributed by atoms with Gasteiger partial charge in [0.2, 0.25) is 0 Å². The van der Waals surface area contributed by atoms with E-state index >= 15 is 0 Å². The van der Waals surface area contributed by atoms with Gasteiger partial charge in [0.25, 0.3) is 5.91 Å². The minimum absolute atomic E-state index is 0.0830. The van der Waals surface area contributed by atoms with Crippen LogP contribution in [-0.4, -0.2) is 23.0 Å². The van der Waals surface area contributed by atoms with E-state index in [9.17, 15) is 9.90 Å². The molecule has 0 bridgehead atoms. The molecule has 0 aliphatic carbocycles. The Morgan fingerprint density at radius 2 is 1.90 bits per heavy atom. The largest absolute Gasteiger partial charge is 0.508 e. The predicted octanol–water partition coefficient (Wildman–Crippen LogP) is 3.88. The van der Waals surface area contributed by atoms with E-state index in [1.807, 2.05) is 25.1 Å². The van der Waals surface area contributed by atoms with Crippen LogP contribution >= 0.6 is 11.6 Å². The van der Waals surface area contributed by atoms with Crippen LogP contribution in [0.3, 0.4) is 0 Å². The molecule has 1 N–H and O–H groups in total. The summed E-state index contributed by atoms with van der Waals surface area (Å²) >= 11 is 5.97. The maximum Gasteiger partial charge on any atom is 0.254 e. The number of benzene rings is 2. The molecule has 104 valence electrons. The fraction of sp³-hybridized carbons (Fsp3) is 0.188. The second kappa shape index (κ2) is 5.97. The highest BCUT2D eigenvalue weighted by Gasteiger charge is 2.19. The molecule has 0 radical (unpaired) electrons. The molecule has 0 saturated carbocycles. The monoisotopic (exact) mass is 289 g/mol. The Hall–Kier alpha value is -2.00. The van der Waals surface area contributed by atoms with Gasteiger partial charge in [0, 0.05) is 17.6 Å². The molecule has 0 aliphatic heterocycles. The van der Waals surface area contributed by atoms with E-state index in [0.29, 0.717) is 10.6 Å². The summed E-state index contributed by atoms with van der Waals surface area (Å²) in [6, 6.07) is 13.7. The van der Waals surface area contributed by atoms with Crippen molar-refractivity contribution in [3.05, 3.63) is 64.7 Å². The van der Waals surface area contributed by atoms with Crippen LogP contribution in [0.25, 0.3) is 0 Å². The number of phenols is 1. The topological polar surface area (TPSA) is 40.5 Å². The van der Waals surface area contributed by atoms with Gasteiger partial charge in [-0.1, -0.05) is 29.8 Å². The van der Waals surface area contributed by atoms with Gasteiger partial charge in [-0.25, -0.2) is 0 Å². The lowest BCUT2D eigenvalue weighted by molar-refractivity contribution is 0.0742. The standard InChI is InChI=1S/C16H16ClNO2/c1-11(12-5-3-7-14(17)9-12)18(2)16(20)13-6-4-8-15(19)10-13/h3-11,19H,1-2H3. The summed E-state index contributed by atoms with van der Waals surface area (Å²) in [6.07, 6.45) is 0. The van der Waals surface area contributed by atoms with Crippen molar-refractivity contribution in [3.63, 3.8) is 0 Å². The lowest BCUT2D eigenvalue weighted by Gasteiger charge is -2.25.